The van der Waals surface area contributed by atoms with Gasteiger partial charge in [0.25, 0.3) is 0 Å². The first-order valence-corrected chi connectivity index (χ1v) is 7.31. The summed E-state index contributed by atoms with van der Waals surface area (Å²) < 4.78 is 5.12. The largest absolute Gasteiger partial charge is 0.383 e. The fraction of sp³-hybridized carbons (Fsp3) is 0.933. The van der Waals surface area contributed by atoms with Gasteiger partial charge in [-0.2, -0.15) is 0 Å². The Morgan fingerprint density at radius 3 is 2.42 bits per heavy atom. The predicted molar refractivity (Wildman–Crippen MR) is 77.8 cm³/mol. The van der Waals surface area contributed by atoms with E-state index in [1.807, 2.05) is 4.90 Å². The van der Waals surface area contributed by atoms with Crippen LogP contribution in [-0.2, 0) is 9.53 Å². The number of hydrogen-bond donors (Lipinski definition) is 1. The molecule has 2 N–H and O–H groups in total. The Morgan fingerprint density at radius 1 is 1.42 bits per heavy atom. The minimum absolute atomic E-state index is 0.0363. The molecule has 2 unspecified atom stereocenters. The zero-order chi connectivity index (χ0) is 14.6. The van der Waals surface area contributed by atoms with Crippen LogP contribution in [0.5, 0.6) is 0 Å². The molecule has 1 rings (SSSR count). The Morgan fingerprint density at radius 2 is 2.00 bits per heavy atom. The van der Waals surface area contributed by atoms with Crippen LogP contribution in [0.15, 0.2) is 0 Å². The van der Waals surface area contributed by atoms with Crippen LogP contribution >= 0.6 is 0 Å². The third-order valence-corrected chi connectivity index (χ3v) is 4.16. The molecule has 0 saturated heterocycles. The van der Waals surface area contributed by atoms with Gasteiger partial charge >= 0.3 is 0 Å². The highest BCUT2D eigenvalue weighted by molar-refractivity contribution is 5.77. The number of rotatable bonds is 7. The smallest absolute Gasteiger partial charge is 0.224 e. The molecule has 0 aromatic heterocycles. The molecule has 4 nitrogen and oxygen atoms in total. The first-order chi connectivity index (χ1) is 8.77. The molecule has 0 radical (unpaired) electrons. The predicted octanol–water partition coefficient (Wildman–Crippen LogP) is 2.02. The number of nitrogens with two attached hydrogens (primary N) is 1. The Bertz CT molecular complexity index is 295. The lowest BCUT2D eigenvalue weighted by molar-refractivity contribution is -0.135. The van der Waals surface area contributed by atoms with Crippen molar-refractivity contribution in [2.24, 2.45) is 17.1 Å². The molecule has 1 aliphatic rings. The van der Waals surface area contributed by atoms with E-state index in [1.165, 1.54) is 12.8 Å². The van der Waals surface area contributed by atoms with Crippen molar-refractivity contribution < 1.29 is 9.53 Å². The maximum Gasteiger partial charge on any atom is 0.224 e. The third kappa shape index (κ3) is 5.11. The second-order valence-electron chi connectivity index (χ2n) is 6.83. The molecular formula is C15H30N2O2. The molecule has 1 amide bonds. The van der Waals surface area contributed by atoms with E-state index in [2.05, 4.69) is 27.7 Å². The number of hydrogen-bond acceptors (Lipinski definition) is 3. The van der Waals surface area contributed by atoms with Gasteiger partial charge in [0.1, 0.15) is 0 Å². The van der Waals surface area contributed by atoms with Crippen LogP contribution in [0.3, 0.4) is 0 Å². The minimum atomic E-state index is -0.101. The van der Waals surface area contributed by atoms with E-state index < -0.39 is 0 Å². The number of methoxy groups -OCH3 is 1. The van der Waals surface area contributed by atoms with Crippen LogP contribution in [0, 0.1) is 11.3 Å². The summed E-state index contributed by atoms with van der Waals surface area (Å²) in [7, 11) is 1.67. The van der Waals surface area contributed by atoms with Crippen molar-refractivity contribution in [3.63, 3.8) is 0 Å². The summed E-state index contributed by atoms with van der Waals surface area (Å²) in [5.41, 5.74) is 6.09. The maximum atomic E-state index is 12.5. The molecule has 0 aromatic rings. The lowest BCUT2D eigenvalue weighted by atomic mass is 9.85. The fourth-order valence-electron chi connectivity index (χ4n) is 2.19. The SMILES string of the molecule is COCCN(C(=O)CC(N)C(C)(C)C)C(C)C1CC1. The van der Waals surface area contributed by atoms with Gasteiger partial charge in [0.15, 0.2) is 0 Å². The Hall–Kier alpha value is -0.610. The van der Waals surface area contributed by atoms with E-state index in [0.717, 1.165) is 0 Å². The third-order valence-electron chi connectivity index (χ3n) is 4.16. The first-order valence-electron chi connectivity index (χ1n) is 7.31. The number of ether oxygens (including phenoxy) is 1. The van der Waals surface area contributed by atoms with Crippen LogP contribution in [0.25, 0.3) is 0 Å². The number of amides is 1. The maximum absolute atomic E-state index is 12.5. The second-order valence-corrected chi connectivity index (χ2v) is 6.83. The van der Waals surface area contributed by atoms with Crippen LogP contribution in [0.2, 0.25) is 0 Å². The highest BCUT2D eigenvalue weighted by Crippen LogP contribution is 2.35. The molecule has 1 saturated carbocycles. The Balaban J connectivity index is 2.60. The molecule has 19 heavy (non-hydrogen) atoms. The minimum Gasteiger partial charge on any atom is -0.383 e. The zero-order valence-electron chi connectivity index (χ0n) is 13.1. The summed E-state index contributed by atoms with van der Waals surface area (Å²) in [4.78, 5) is 14.4. The molecular weight excluding hydrogens is 240 g/mol. The van der Waals surface area contributed by atoms with Crippen molar-refractivity contribution in [3.8, 4) is 0 Å². The van der Waals surface area contributed by atoms with Gasteiger partial charge in [-0.1, -0.05) is 20.8 Å². The van der Waals surface area contributed by atoms with Crippen molar-refractivity contribution in [2.45, 2.75) is 59.0 Å². The Labute approximate surface area is 117 Å². The molecule has 0 aliphatic heterocycles. The van der Waals surface area contributed by atoms with Gasteiger partial charge in [-0.15, -0.1) is 0 Å². The topological polar surface area (TPSA) is 55.6 Å². The molecule has 112 valence electrons. The van der Waals surface area contributed by atoms with Gasteiger partial charge in [0, 0.05) is 32.2 Å². The number of carbonyl (C=O) groups is 1. The zero-order valence-corrected chi connectivity index (χ0v) is 13.1. The van der Waals surface area contributed by atoms with Crippen LogP contribution in [0.4, 0.5) is 0 Å². The van der Waals surface area contributed by atoms with E-state index in [-0.39, 0.29) is 17.4 Å². The molecule has 1 fully saturated rings. The quantitative estimate of drug-likeness (QED) is 0.770. The lowest BCUT2D eigenvalue weighted by Gasteiger charge is -2.33. The summed E-state index contributed by atoms with van der Waals surface area (Å²) >= 11 is 0. The summed E-state index contributed by atoms with van der Waals surface area (Å²) in [5, 5.41) is 0. The van der Waals surface area contributed by atoms with Crippen molar-refractivity contribution >= 4 is 5.91 Å². The van der Waals surface area contributed by atoms with Crippen molar-refractivity contribution in [1.29, 1.82) is 0 Å². The van der Waals surface area contributed by atoms with Crippen LogP contribution in [-0.4, -0.2) is 43.2 Å². The summed E-state index contributed by atoms with van der Waals surface area (Å²) in [6.07, 6.45) is 2.90. The standard InChI is InChI=1S/C15H30N2O2/c1-11(12-6-7-12)17(8-9-19-5)14(18)10-13(16)15(2,3)4/h11-13H,6-10,16H2,1-5H3. The average Bonchev–Trinajstić information content (AvgIpc) is 3.11. The van der Waals surface area contributed by atoms with Gasteiger partial charge in [-0.3, -0.25) is 4.79 Å². The van der Waals surface area contributed by atoms with Crippen molar-refractivity contribution in [3.05, 3.63) is 0 Å². The van der Waals surface area contributed by atoms with Crippen LogP contribution < -0.4 is 5.73 Å². The molecule has 4 heteroatoms. The fourth-order valence-corrected chi connectivity index (χ4v) is 2.19. The molecule has 0 aromatic carbocycles. The lowest BCUT2D eigenvalue weighted by Crippen LogP contribution is -2.46. The average molecular weight is 270 g/mol. The van der Waals surface area contributed by atoms with Crippen molar-refractivity contribution in [1.82, 2.24) is 4.90 Å². The molecule has 0 spiro atoms. The normalized spacial score (nSPS) is 19.1. The summed E-state index contributed by atoms with van der Waals surface area (Å²) in [6.45, 7) is 9.64. The van der Waals surface area contributed by atoms with Gasteiger partial charge in [-0.05, 0) is 31.1 Å². The monoisotopic (exact) mass is 270 g/mol. The summed E-state index contributed by atoms with van der Waals surface area (Å²) in [5.74, 6) is 0.838. The van der Waals surface area contributed by atoms with Crippen molar-refractivity contribution in [2.75, 3.05) is 20.3 Å². The van der Waals surface area contributed by atoms with Gasteiger partial charge < -0.3 is 15.4 Å². The van der Waals surface area contributed by atoms with E-state index in [1.54, 1.807) is 7.11 Å². The summed E-state index contributed by atoms with van der Waals surface area (Å²) in [6, 6.07) is 0.214. The van der Waals surface area contributed by atoms with Gasteiger partial charge in [-0.25, -0.2) is 0 Å². The highest BCUT2D eigenvalue weighted by atomic mass is 16.5. The van der Waals surface area contributed by atoms with E-state index in [0.29, 0.717) is 31.5 Å². The van der Waals surface area contributed by atoms with E-state index >= 15 is 0 Å². The van der Waals surface area contributed by atoms with E-state index in [4.69, 9.17) is 10.5 Å². The molecule has 0 heterocycles. The highest BCUT2D eigenvalue weighted by Gasteiger charge is 2.35. The molecule has 1 aliphatic carbocycles. The number of nitrogens with zero attached hydrogens (tertiary/aromatic N) is 1. The Kier molecular flexibility index (Phi) is 5.81. The molecule has 0 bridgehead atoms. The van der Waals surface area contributed by atoms with Crippen LogP contribution in [0.1, 0.15) is 47.0 Å². The van der Waals surface area contributed by atoms with Gasteiger partial charge in [0.2, 0.25) is 5.91 Å². The molecule has 2 atom stereocenters. The van der Waals surface area contributed by atoms with Gasteiger partial charge in [0.05, 0.1) is 6.61 Å². The van der Waals surface area contributed by atoms with E-state index in [9.17, 15) is 4.79 Å². The second kappa shape index (κ2) is 6.71. The number of carbonyl (C=O) groups excluding carboxylic acids is 1. The first kappa shape index (κ1) is 16.4.